The van der Waals surface area contributed by atoms with Gasteiger partial charge in [0, 0.05) is 25.5 Å². The molecule has 2 rings (SSSR count). The van der Waals surface area contributed by atoms with Gasteiger partial charge in [-0.3, -0.25) is 15.6 Å². The second-order valence-electron chi connectivity index (χ2n) is 5.71. The molecule has 1 heterocycles. The quantitative estimate of drug-likeness (QED) is 0.654. The van der Waals surface area contributed by atoms with E-state index in [0.29, 0.717) is 17.2 Å². The minimum absolute atomic E-state index is 0.0176. The Hall–Kier alpha value is -1.62. The molecule has 0 atom stereocenters. The number of rotatable bonds is 4. The van der Waals surface area contributed by atoms with Gasteiger partial charge in [0.15, 0.2) is 0 Å². The molecule has 1 saturated carbocycles. The fourth-order valence-corrected chi connectivity index (χ4v) is 2.90. The van der Waals surface area contributed by atoms with Crippen molar-refractivity contribution in [2.45, 2.75) is 39.0 Å². The fraction of sp³-hybridized carbons (Fsp3) is 0.600. The number of hydrogen-bond donors (Lipinski definition) is 2. The van der Waals surface area contributed by atoms with Gasteiger partial charge in [0.05, 0.1) is 11.3 Å². The van der Waals surface area contributed by atoms with Crippen LogP contribution in [0.5, 0.6) is 0 Å². The minimum atomic E-state index is -0.0176. The molecule has 0 saturated heterocycles. The highest BCUT2D eigenvalue weighted by atomic mass is 16.2. The van der Waals surface area contributed by atoms with Gasteiger partial charge in [-0.25, -0.2) is 0 Å². The lowest BCUT2D eigenvalue weighted by atomic mass is 9.89. The van der Waals surface area contributed by atoms with Crippen LogP contribution in [0.25, 0.3) is 0 Å². The molecule has 5 heteroatoms. The van der Waals surface area contributed by atoms with Crippen molar-refractivity contribution >= 4 is 11.6 Å². The second kappa shape index (κ2) is 6.70. The highest BCUT2D eigenvalue weighted by molar-refractivity contribution is 5.99. The van der Waals surface area contributed by atoms with Gasteiger partial charge in [0.2, 0.25) is 0 Å². The molecule has 20 heavy (non-hydrogen) atoms. The predicted molar refractivity (Wildman–Crippen MR) is 80.3 cm³/mol. The average Bonchev–Trinajstić information content (AvgIpc) is 2.47. The molecule has 0 radical (unpaired) electrons. The van der Waals surface area contributed by atoms with E-state index < -0.39 is 0 Å². The predicted octanol–water partition coefficient (Wildman–Crippen LogP) is 2.33. The molecule has 1 aliphatic rings. The van der Waals surface area contributed by atoms with Crippen molar-refractivity contribution in [3.05, 3.63) is 23.5 Å². The molecule has 1 aromatic rings. The Balaban J connectivity index is 2.05. The summed E-state index contributed by atoms with van der Waals surface area (Å²) in [6, 6.07) is 1.79. The zero-order valence-electron chi connectivity index (χ0n) is 12.4. The van der Waals surface area contributed by atoms with Crippen LogP contribution in [0.4, 0.5) is 5.69 Å². The van der Waals surface area contributed by atoms with Crippen molar-refractivity contribution in [2.75, 3.05) is 19.0 Å². The number of nitrogen functional groups attached to an aromatic ring is 1. The molecule has 3 N–H and O–H groups in total. The average molecular weight is 276 g/mol. The first-order valence-electron chi connectivity index (χ1n) is 7.30. The maximum Gasteiger partial charge on any atom is 0.257 e. The topological polar surface area (TPSA) is 71.2 Å². The van der Waals surface area contributed by atoms with E-state index in [4.69, 9.17) is 5.84 Å². The van der Waals surface area contributed by atoms with Gasteiger partial charge in [-0.15, -0.1) is 0 Å². The summed E-state index contributed by atoms with van der Waals surface area (Å²) in [5.41, 5.74) is 4.60. The van der Waals surface area contributed by atoms with E-state index in [1.807, 2.05) is 14.0 Å². The third kappa shape index (κ3) is 3.48. The van der Waals surface area contributed by atoms with Gasteiger partial charge in [0.25, 0.3) is 5.91 Å². The molecule has 0 spiro atoms. The first-order valence-corrected chi connectivity index (χ1v) is 7.30. The van der Waals surface area contributed by atoms with Gasteiger partial charge >= 0.3 is 0 Å². The maximum atomic E-state index is 12.5. The second-order valence-corrected chi connectivity index (χ2v) is 5.71. The SMILES string of the molecule is Cc1cc(NN)c(C(=O)N(C)CC2CCCCC2)cn1. The lowest BCUT2D eigenvalue weighted by Gasteiger charge is -2.27. The molecule has 110 valence electrons. The van der Waals surface area contributed by atoms with Crippen LogP contribution in [0.15, 0.2) is 12.3 Å². The van der Waals surface area contributed by atoms with Crippen LogP contribution in [-0.2, 0) is 0 Å². The van der Waals surface area contributed by atoms with Gasteiger partial charge < -0.3 is 10.3 Å². The molecule has 1 aromatic heterocycles. The summed E-state index contributed by atoms with van der Waals surface area (Å²) in [5, 5.41) is 0. The number of nitrogens with one attached hydrogen (secondary N) is 1. The number of anilines is 1. The number of amides is 1. The van der Waals surface area contributed by atoms with Gasteiger partial charge in [-0.05, 0) is 31.7 Å². The highest BCUT2D eigenvalue weighted by Crippen LogP contribution is 2.25. The summed E-state index contributed by atoms with van der Waals surface area (Å²) >= 11 is 0. The Labute approximate surface area is 120 Å². The van der Waals surface area contributed by atoms with Crippen molar-refractivity contribution in [1.82, 2.24) is 9.88 Å². The first-order chi connectivity index (χ1) is 9.61. The Bertz CT molecular complexity index is 469. The molecule has 5 nitrogen and oxygen atoms in total. The van der Waals surface area contributed by atoms with Crippen LogP contribution in [0.3, 0.4) is 0 Å². The first kappa shape index (κ1) is 14.8. The number of carbonyl (C=O) groups excluding carboxylic acids is 1. The van der Waals surface area contributed by atoms with Crippen LogP contribution < -0.4 is 11.3 Å². The van der Waals surface area contributed by atoms with Crippen molar-refractivity contribution in [2.24, 2.45) is 11.8 Å². The third-order valence-electron chi connectivity index (χ3n) is 4.03. The number of aryl methyl sites for hydroxylation is 1. The monoisotopic (exact) mass is 276 g/mol. The Kier molecular flexibility index (Phi) is 4.95. The van der Waals surface area contributed by atoms with Crippen LogP contribution in [0, 0.1) is 12.8 Å². The number of hydrogen-bond acceptors (Lipinski definition) is 4. The maximum absolute atomic E-state index is 12.5. The van der Waals surface area contributed by atoms with Crippen LogP contribution >= 0.6 is 0 Å². The minimum Gasteiger partial charge on any atom is -0.341 e. The normalized spacial score (nSPS) is 15.9. The largest absolute Gasteiger partial charge is 0.341 e. The number of carbonyl (C=O) groups is 1. The van der Waals surface area contributed by atoms with Crippen LogP contribution in [-0.4, -0.2) is 29.4 Å². The van der Waals surface area contributed by atoms with Crippen molar-refractivity contribution < 1.29 is 4.79 Å². The molecular weight excluding hydrogens is 252 g/mol. The number of aromatic nitrogens is 1. The summed E-state index contributed by atoms with van der Waals surface area (Å²) in [6.45, 7) is 2.69. The van der Waals surface area contributed by atoms with E-state index in [1.54, 1.807) is 17.2 Å². The van der Waals surface area contributed by atoms with Crippen molar-refractivity contribution in [3.63, 3.8) is 0 Å². The van der Waals surface area contributed by atoms with E-state index in [1.165, 1.54) is 32.1 Å². The molecule has 0 aliphatic heterocycles. The van der Waals surface area contributed by atoms with E-state index in [0.717, 1.165) is 12.2 Å². The van der Waals surface area contributed by atoms with Crippen LogP contribution in [0.1, 0.15) is 48.2 Å². The lowest BCUT2D eigenvalue weighted by Crippen LogP contribution is -2.33. The summed E-state index contributed by atoms with van der Waals surface area (Å²) in [7, 11) is 1.86. The number of pyridine rings is 1. The van der Waals surface area contributed by atoms with E-state index in [2.05, 4.69) is 10.4 Å². The fourth-order valence-electron chi connectivity index (χ4n) is 2.90. The summed E-state index contributed by atoms with van der Waals surface area (Å²) in [4.78, 5) is 18.5. The lowest BCUT2D eigenvalue weighted by molar-refractivity contribution is 0.0761. The van der Waals surface area contributed by atoms with Gasteiger partial charge in [0.1, 0.15) is 0 Å². The smallest absolute Gasteiger partial charge is 0.257 e. The van der Waals surface area contributed by atoms with Crippen molar-refractivity contribution in [1.29, 1.82) is 0 Å². The molecular formula is C15H24N4O. The summed E-state index contributed by atoms with van der Waals surface area (Å²) < 4.78 is 0. The third-order valence-corrected chi connectivity index (χ3v) is 4.03. The molecule has 1 fully saturated rings. The Morgan fingerprint density at radius 1 is 1.45 bits per heavy atom. The number of hydrazine groups is 1. The molecule has 0 bridgehead atoms. The van der Waals surface area contributed by atoms with Crippen molar-refractivity contribution in [3.8, 4) is 0 Å². The molecule has 0 unspecified atom stereocenters. The molecule has 1 amide bonds. The summed E-state index contributed by atoms with van der Waals surface area (Å²) in [6.07, 6.45) is 7.96. The van der Waals surface area contributed by atoms with Gasteiger partial charge in [-0.1, -0.05) is 19.3 Å². The Morgan fingerprint density at radius 3 is 2.80 bits per heavy atom. The number of nitrogens with zero attached hydrogens (tertiary/aromatic N) is 2. The zero-order valence-corrected chi connectivity index (χ0v) is 12.4. The van der Waals surface area contributed by atoms with E-state index >= 15 is 0 Å². The Morgan fingerprint density at radius 2 is 2.15 bits per heavy atom. The van der Waals surface area contributed by atoms with E-state index in [-0.39, 0.29) is 5.91 Å². The molecule has 1 aliphatic carbocycles. The van der Waals surface area contributed by atoms with E-state index in [9.17, 15) is 4.79 Å². The highest BCUT2D eigenvalue weighted by Gasteiger charge is 2.21. The van der Waals surface area contributed by atoms with Crippen LogP contribution in [0.2, 0.25) is 0 Å². The standard InChI is InChI=1S/C15H24N4O/c1-11-8-14(18-16)13(9-17-11)15(20)19(2)10-12-6-4-3-5-7-12/h8-9,12H,3-7,10,16H2,1-2H3,(H,17,18). The zero-order chi connectivity index (χ0) is 14.5. The summed E-state index contributed by atoms with van der Waals surface area (Å²) in [5.74, 6) is 6.11. The number of nitrogens with two attached hydrogens (primary N) is 1. The molecule has 0 aromatic carbocycles. The van der Waals surface area contributed by atoms with Gasteiger partial charge in [-0.2, -0.15) is 0 Å².